The van der Waals surface area contributed by atoms with Gasteiger partial charge < -0.3 is 15.2 Å². The predicted octanol–water partition coefficient (Wildman–Crippen LogP) is 1.93. The van der Waals surface area contributed by atoms with Crippen LogP contribution in [0.15, 0.2) is 29.2 Å². The molecule has 1 atom stereocenters. The van der Waals surface area contributed by atoms with Crippen molar-refractivity contribution < 1.29 is 28.7 Å². The van der Waals surface area contributed by atoms with Crippen LogP contribution in [0.1, 0.15) is 25.8 Å². The van der Waals surface area contributed by atoms with Crippen LogP contribution in [0.25, 0.3) is 6.08 Å². The van der Waals surface area contributed by atoms with Crippen LogP contribution in [0.5, 0.6) is 5.75 Å². The molecule has 0 aromatic heterocycles. The van der Waals surface area contributed by atoms with Crippen molar-refractivity contribution in [3.63, 3.8) is 0 Å². The lowest BCUT2D eigenvalue weighted by Crippen LogP contribution is -2.35. The smallest absolute Gasteiger partial charge is 0.326 e. The summed E-state index contributed by atoms with van der Waals surface area (Å²) in [5, 5.41) is -0.553. The number of para-hydroxylation sites is 1. The van der Waals surface area contributed by atoms with Crippen molar-refractivity contribution in [2.24, 2.45) is 5.73 Å². The zero-order chi connectivity index (χ0) is 20.0. The lowest BCUT2D eigenvalue weighted by Gasteiger charge is -2.14. The Kier molecular flexibility index (Phi) is 7.00. The molecule has 1 fully saturated rings. The number of primary amides is 1. The van der Waals surface area contributed by atoms with Crippen molar-refractivity contribution >= 4 is 40.9 Å². The van der Waals surface area contributed by atoms with E-state index in [0.29, 0.717) is 17.7 Å². The molecular weight excluding hydrogens is 372 g/mol. The van der Waals surface area contributed by atoms with Crippen molar-refractivity contribution in [1.82, 2.24) is 4.90 Å². The van der Waals surface area contributed by atoms with Gasteiger partial charge in [0.1, 0.15) is 12.3 Å². The Morgan fingerprint density at radius 2 is 2.00 bits per heavy atom. The second kappa shape index (κ2) is 9.22. The van der Waals surface area contributed by atoms with Gasteiger partial charge in [0.05, 0.1) is 11.0 Å². The van der Waals surface area contributed by atoms with Gasteiger partial charge in [-0.15, -0.1) is 0 Å². The number of hydrogen-bond acceptors (Lipinski definition) is 7. The number of ether oxygens (including phenoxy) is 2. The topological polar surface area (TPSA) is 116 Å². The third-order valence-electron chi connectivity index (χ3n) is 3.64. The summed E-state index contributed by atoms with van der Waals surface area (Å²) in [7, 11) is 0. The molecule has 27 heavy (non-hydrogen) atoms. The van der Waals surface area contributed by atoms with Gasteiger partial charge in [0.2, 0.25) is 0 Å². The van der Waals surface area contributed by atoms with E-state index in [2.05, 4.69) is 0 Å². The van der Waals surface area contributed by atoms with E-state index in [1.165, 1.54) is 6.08 Å². The van der Waals surface area contributed by atoms with Crippen LogP contribution in [0.2, 0.25) is 0 Å². The van der Waals surface area contributed by atoms with Crippen LogP contribution in [0.4, 0.5) is 4.79 Å². The van der Waals surface area contributed by atoms with Crippen molar-refractivity contribution in [2.75, 3.05) is 13.2 Å². The molecule has 2 rings (SSSR count). The molecule has 1 saturated heterocycles. The molecule has 0 unspecified atom stereocenters. The number of nitrogens with two attached hydrogens (primary N) is 1. The maximum absolute atomic E-state index is 12.5. The predicted molar refractivity (Wildman–Crippen MR) is 99.7 cm³/mol. The zero-order valence-electron chi connectivity index (χ0n) is 15.0. The van der Waals surface area contributed by atoms with Gasteiger partial charge >= 0.3 is 5.97 Å². The molecule has 0 aliphatic carbocycles. The minimum Gasteiger partial charge on any atom is -0.483 e. The molecular formula is C18H20N2O6S. The highest BCUT2D eigenvalue weighted by Crippen LogP contribution is 2.33. The summed E-state index contributed by atoms with van der Waals surface area (Å²) in [6.45, 7) is 2.84. The summed E-state index contributed by atoms with van der Waals surface area (Å²) in [4.78, 5) is 48.3. The number of amides is 3. The Bertz CT molecular complexity index is 792. The Balaban J connectivity index is 2.14. The molecule has 1 heterocycles. The van der Waals surface area contributed by atoms with E-state index >= 15 is 0 Å². The highest BCUT2D eigenvalue weighted by atomic mass is 32.2. The third-order valence-corrected chi connectivity index (χ3v) is 4.55. The first-order valence-electron chi connectivity index (χ1n) is 8.26. The Labute approximate surface area is 160 Å². The van der Waals surface area contributed by atoms with Crippen molar-refractivity contribution in [3.8, 4) is 5.75 Å². The molecule has 0 saturated carbocycles. The molecule has 3 amide bonds. The Hall–Kier alpha value is -2.81. The summed E-state index contributed by atoms with van der Waals surface area (Å²) in [6.07, 6.45) is 1.82. The summed E-state index contributed by atoms with van der Waals surface area (Å²) in [5.74, 6) is -1.52. The van der Waals surface area contributed by atoms with Gasteiger partial charge in [-0.25, -0.2) is 0 Å². The fourth-order valence-corrected chi connectivity index (χ4v) is 2.96. The van der Waals surface area contributed by atoms with Crippen molar-refractivity contribution in [2.45, 2.75) is 26.4 Å². The summed E-state index contributed by atoms with van der Waals surface area (Å²) < 4.78 is 10.4. The van der Waals surface area contributed by atoms with Crippen LogP contribution >= 0.6 is 11.8 Å². The molecule has 9 heteroatoms. The molecule has 1 aliphatic heterocycles. The maximum atomic E-state index is 12.5. The van der Waals surface area contributed by atoms with E-state index in [9.17, 15) is 19.2 Å². The standard InChI is InChI=1S/C18H20N2O6S/c1-3-11(2)26-16(22)9-20-17(23)14(27-18(20)24)8-12-6-4-5-7-13(12)25-10-15(19)21/h4-8,11H,3,9-10H2,1-2H3,(H2,19,21)/b14-8+/t11-/m0/s1. The van der Waals surface area contributed by atoms with E-state index in [-0.39, 0.29) is 17.6 Å². The van der Waals surface area contributed by atoms with E-state index in [1.54, 1.807) is 31.2 Å². The zero-order valence-corrected chi connectivity index (χ0v) is 15.8. The van der Waals surface area contributed by atoms with Crippen LogP contribution in [-0.4, -0.2) is 47.2 Å². The highest BCUT2D eigenvalue weighted by molar-refractivity contribution is 8.18. The number of rotatable bonds is 8. The Morgan fingerprint density at radius 3 is 2.67 bits per heavy atom. The van der Waals surface area contributed by atoms with Crippen LogP contribution < -0.4 is 10.5 Å². The van der Waals surface area contributed by atoms with Gasteiger partial charge in [-0.1, -0.05) is 25.1 Å². The summed E-state index contributed by atoms with van der Waals surface area (Å²) >= 11 is 0.720. The van der Waals surface area contributed by atoms with Gasteiger partial charge in [-0.2, -0.15) is 0 Å². The van der Waals surface area contributed by atoms with Gasteiger partial charge in [0.25, 0.3) is 17.1 Å². The average molecular weight is 392 g/mol. The second-order valence-corrected chi connectivity index (χ2v) is 6.76. The van der Waals surface area contributed by atoms with Gasteiger partial charge in [-0.05, 0) is 37.2 Å². The fourth-order valence-electron chi connectivity index (χ4n) is 2.13. The molecule has 144 valence electrons. The molecule has 0 radical (unpaired) electrons. The first-order chi connectivity index (χ1) is 12.8. The van der Waals surface area contributed by atoms with E-state index in [0.717, 1.165) is 16.7 Å². The maximum Gasteiger partial charge on any atom is 0.326 e. The highest BCUT2D eigenvalue weighted by Gasteiger charge is 2.37. The third kappa shape index (κ3) is 5.58. The summed E-state index contributed by atoms with van der Waals surface area (Å²) in [5.41, 5.74) is 5.58. The molecule has 1 aromatic rings. The minimum absolute atomic E-state index is 0.145. The number of thioether (sulfide) groups is 1. The van der Waals surface area contributed by atoms with Crippen molar-refractivity contribution in [3.05, 3.63) is 34.7 Å². The monoisotopic (exact) mass is 392 g/mol. The molecule has 0 spiro atoms. The first kappa shape index (κ1) is 20.5. The lowest BCUT2D eigenvalue weighted by atomic mass is 10.2. The number of esters is 1. The molecule has 2 N–H and O–H groups in total. The fraction of sp³-hybridized carbons (Fsp3) is 0.333. The number of benzene rings is 1. The van der Waals surface area contributed by atoms with Crippen LogP contribution in [0, 0.1) is 0 Å². The van der Waals surface area contributed by atoms with E-state index in [4.69, 9.17) is 15.2 Å². The Morgan fingerprint density at radius 1 is 1.30 bits per heavy atom. The number of nitrogens with zero attached hydrogens (tertiary/aromatic N) is 1. The van der Waals surface area contributed by atoms with Crippen LogP contribution in [-0.2, 0) is 19.1 Å². The lowest BCUT2D eigenvalue weighted by molar-refractivity contribution is -0.150. The first-order valence-corrected chi connectivity index (χ1v) is 9.08. The number of hydrogen-bond donors (Lipinski definition) is 1. The number of imide groups is 1. The molecule has 0 bridgehead atoms. The quantitative estimate of drug-likeness (QED) is 0.531. The largest absolute Gasteiger partial charge is 0.483 e. The average Bonchev–Trinajstić information content (AvgIpc) is 2.88. The van der Waals surface area contributed by atoms with Crippen LogP contribution in [0.3, 0.4) is 0 Å². The normalized spacial score (nSPS) is 16.5. The van der Waals surface area contributed by atoms with Gasteiger partial charge in [-0.3, -0.25) is 24.1 Å². The van der Waals surface area contributed by atoms with Crippen molar-refractivity contribution in [1.29, 1.82) is 0 Å². The van der Waals surface area contributed by atoms with E-state index < -0.39 is 29.6 Å². The van der Waals surface area contributed by atoms with Gasteiger partial charge in [0, 0.05) is 5.56 Å². The number of carbonyl (C=O) groups is 4. The summed E-state index contributed by atoms with van der Waals surface area (Å²) in [6, 6.07) is 6.70. The second-order valence-electron chi connectivity index (χ2n) is 5.77. The number of carbonyl (C=O) groups excluding carboxylic acids is 4. The molecule has 1 aromatic carbocycles. The SMILES string of the molecule is CC[C@H](C)OC(=O)CN1C(=O)S/C(=C/c2ccccc2OCC(N)=O)C1=O. The minimum atomic E-state index is -0.641. The van der Waals surface area contributed by atoms with E-state index in [1.807, 2.05) is 6.92 Å². The van der Waals surface area contributed by atoms with Gasteiger partial charge in [0.15, 0.2) is 6.61 Å². The molecule has 1 aliphatic rings. The molecule has 8 nitrogen and oxygen atoms in total.